The van der Waals surface area contributed by atoms with Crippen LogP contribution in [-0.2, 0) is 0 Å². The Kier molecular flexibility index (Phi) is 1.58. The van der Waals surface area contributed by atoms with Gasteiger partial charge in [-0.3, -0.25) is 0 Å². The third-order valence-corrected chi connectivity index (χ3v) is 2.64. The number of pyridine rings is 1. The fraction of sp³-hybridized carbons (Fsp3) is 0.400. The van der Waals surface area contributed by atoms with Crippen molar-refractivity contribution in [2.24, 2.45) is 0 Å². The van der Waals surface area contributed by atoms with Gasteiger partial charge in [0.05, 0.1) is 0 Å². The highest BCUT2D eigenvalue weighted by Gasteiger charge is 2.23. The zero-order valence-electron chi connectivity index (χ0n) is 8.07. The van der Waals surface area contributed by atoms with Gasteiger partial charge in [0.1, 0.15) is 0 Å². The van der Waals surface area contributed by atoms with Crippen LogP contribution in [0.2, 0.25) is 0 Å². The lowest BCUT2D eigenvalue weighted by molar-refractivity contribution is 0.430. The average molecular weight is 188 g/mol. The molecule has 0 radical (unpaired) electrons. The van der Waals surface area contributed by atoms with Crippen molar-refractivity contribution < 1.29 is 0 Å². The summed E-state index contributed by atoms with van der Waals surface area (Å²) in [6, 6.07) is 4.07. The number of hydrogen-bond donors (Lipinski definition) is 1. The Morgan fingerprint density at radius 3 is 3.00 bits per heavy atom. The zero-order valence-corrected chi connectivity index (χ0v) is 8.07. The van der Waals surface area contributed by atoms with Gasteiger partial charge in [-0.2, -0.15) is 5.10 Å². The highest BCUT2D eigenvalue weighted by atomic mass is 15.3. The lowest BCUT2D eigenvalue weighted by atomic mass is 10.0. The minimum Gasteiger partial charge on any atom is -0.315 e. The monoisotopic (exact) mass is 188 g/mol. The predicted molar refractivity (Wildman–Crippen MR) is 53.3 cm³/mol. The van der Waals surface area contributed by atoms with E-state index in [0.29, 0.717) is 5.92 Å². The van der Waals surface area contributed by atoms with E-state index in [1.165, 1.54) is 5.56 Å². The van der Waals surface area contributed by atoms with E-state index in [4.69, 9.17) is 0 Å². The van der Waals surface area contributed by atoms with Crippen molar-refractivity contribution in [2.75, 3.05) is 13.1 Å². The van der Waals surface area contributed by atoms with E-state index in [1.54, 1.807) is 0 Å². The summed E-state index contributed by atoms with van der Waals surface area (Å²) in [7, 11) is 0. The maximum atomic E-state index is 4.49. The van der Waals surface area contributed by atoms with Gasteiger partial charge < -0.3 is 5.32 Å². The summed E-state index contributed by atoms with van der Waals surface area (Å²) < 4.78 is 1.86. The van der Waals surface area contributed by atoms with Gasteiger partial charge in [-0.15, -0.1) is 0 Å². The van der Waals surface area contributed by atoms with Crippen molar-refractivity contribution in [1.29, 1.82) is 0 Å². The van der Waals surface area contributed by atoms with Crippen LogP contribution in [0.25, 0.3) is 5.65 Å². The van der Waals surface area contributed by atoms with Crippen molar-refractivity contribution in [1.82, 2.24) is 19.9 Å². The van der Waals surface area contributed by atoms with E-state index in [-0.39, 0.29) is 0 Å². The second-order valence-corrected chi connectivity index (χ2v) is 3.83. The molecule has 0 atom stereocenters. The third-order valence-electron chi connectivity index (χ3n) is 2.64. The molecule has 14 heavy (non-hydrogen) atoms. The number of aromatic nitrogens is 3. The van der Waals surface area contributed by atoms with Crippen molar-refractivity contribution >= 4 is 5.65 Å². The topological polar surface area (TPSA) is 42.2 Å². The van der Waals surface area contributed by atoms with Crippen LogP contribution in [0.15, 0.2) is 18.3 Å². The summed E-state index contributed by atoms with van der Waals surface area (Å²) in [5, 5.41) is 7.69. The van der Waals surface area contributed by atoms with Crippen molar-refractivity contribution in [3.05, 3.63) is 29.7 Å². The van der Waals surface area contributed by atoms with E-state index < -0.39 is 0 Å². The largest absolute Gasteiger partial charge is 0.315 e. The van der Waals surface area contributed by atoms with E-state index >= 15 is 0 Å². The summed E-state index contributed by atoms with van der Waals surface area (Å²) >= 11 is 0. The predicted octanol–water partition coefficient (Wildman–Crippen LogP) is 0.725. The van der Waals surface area contributed by atoms with Crippen LogP contribution < -0.4 is 5.32 Å². The Morgan fingerprint density at radius 1 is 1.43 bits per heavy atom. The molecule has 4 heteroatoms. The third kappa shape index (κ3) is 1.11. The lowest BCUT2D eigenvalue weighted by Crippen LogP contribution is -2.40. The number of nitrogens with zero attached hydrogens (tertiary/aromatic N) is 3. The molecule has 0 bridgehead atoms. The molecule has 4 nitrogen and oxygen atoms in total. The van der Waals surface area contributed by atoms with E-state index in [0.717, 1.165) is 24.6 Å². The molecular weight excluding hydrogens is 176 g/mol. The SMILES string of the molecule is Cc1ccc2nc(C3CNC3)nn2c1. The van der Waals surface area contributed by atoms with Gasteiger partial charge >= 0.3 is 0 Å². The number of fused-ring (bicyclic) bond motifs is 1. The Bertz CT molecular complexity index is 470. The quantitative estimate of drug-likeness (QED) is 0.717. The van der Waals surface area contributed by atoms with Crippen molar-refractivity contribution in [2.45, 2.75) is 12.8 Å². The van der Waals surface area contributed by atoms with Gasteiger partial charge in [-0.1, -0.05) is 6.07 Å². The Hall–Kier alpha value is -1.42. The highest BCUT2D eigenvalue weighted by molar-refractivity contribution is 5.39. The van der Waals surface area contributed by atoms with Crippen LogP contribution in [0.3, 0.4) is 0 Å². The molecule has 0 spiro atoms. The Balaban J connectivity index is 2.10. The molecular formula is C10H12N4. The fourth-order valence-electron chi connectivity index (χ4n) is 1.65. The van der Waals surface area contributed by atoms with Gasteiger partial charge in [0.2, 0.25) is 0 Å². The molecule has 1 fully saturated rings. The van der Waals surface area contributed by atoms with E-state index in [9.17, 15) is 0 Å². The average Bonchev–Trinajstić information content (AvgIpc) is 2.43. The molecule has 0 aromatic carbocycles. The number of hydrogen-bond acceptors (Lipinski definition) is 3. The second kappa shape index (κ2) is 2.78. The zero-order chi connectivity index (χ0) is 9.54. The van der Waals surface area contributed by atoms with Crippen LogP contribution in [0.1, 0.15) is 17.3 Å². The maximum absolute atomic E-state index is 4.49. The maximum Gasteiger partial charge on any atom is 0.157 e. The van der Waals surface area contributed by atoms with Gasteiger partial charge in [-0.05, 0) is 18.6 Å². The first-order valence-corrected chi connectivity index (χ1v) is 4.86. The normalized spacial score (nSPS) is 17.2. The van der Waals surface area contributed by atoms with E-state index in [1.807, 2.05) is 16.8 Å². The first kappa shape index (κ1) is 7.94. The Labute approximate surface area is 82.0 Å². The van der Waals surface area contributed by atoms with Gasteiger partial charge in [0.15, 0.2) is 11.5 Å². The molecule has 3 rings (SSSR count). The first-order chi connectivity index (χ1) is 6.83. The molecule has 2 aromatic rings. The molecule has 0 amide bonds. The Morgan fingerprint density at radius 2 is 2.29 bits per heavy atom. The molecule has 0 saturated carbocycles. The van der Waals surface area contributed by atoms with Crippen molar-refractivity contribution in [3.63, 3.8) is 0 Å². The number of aryl methyl sites for hydroxylation is 1. The summed E-state index contributed by atoms with van der Waals surface area (Å²) in [5.74, 6) is 1.48. The molecule has 0 aliphatic carbocycles. The summed E-state index contributed by atoms with van der Waals surface area (Å²) in [4.78, 5) is 4.49. The molecule has 1 aliphatic rings. The second-order valence-electron chi connectivity index (χ2n) is 3.83. The van der Waals surface area contributed by atoms with Crippen LogP contribution >= 0.6 is 0 Å². The molecule has 3 heterocycles. The number of rotatable bonds is 1. The van der Waals surface area contributed by atoms with Gasteiger partial charge in [0.25, 0.3) is 0 Å². The molecule has 1 aliphatic heterocycles. The molecule has 0 unspecified atom stereocenters. The molecule has 2 aromatic heterocycles. The molecule has 72 valence electrons. The highest BCUT2D eigenvalue weighted by Crippen LogP contribution is 2.16. The van der Waals surface area contributed by atoms with Crippen LogP contribution in [0.5, 0.6) is 0 Å². The van der Waals surface area contributed by atoms with Crippen LogP contribution in [0, 0.1) is 6.92 Å². The lowest BCUT2D eigenvalue weighted by Gasteiger charge is -2.23. The van der Waals surface area contributed by atoms with Gasteiger partial charge in [-0.25, -0.2) is 9.50 Å². The summed E-state index contributed by atoms with van der Waals surface area (Å²) in [5.41, 5.74) is 2.15. The van der Waals surface area contributed by atoms with Gasteiger partial charge in [0, 0.05) is 25.2 Å². The standard InChI is InChI=1S/C10H12N4/c1-7-2-3-9-12-10(8-4-11-5-8)13-14(9)6-7/h2-3,6,8,11H,4-5H2,1H3. The van der Waals surface area contributed by atoms with Crippen LogP contribution in [0.4, 0.5) is 0 Å². The molecule has 1 N–H and O–H groups in total. The number of nitrogens with one attached hydrogen (secondary N) is 1. The molecule has 1 saturated heterocycles. The smallest absolute Gasteiger partial charge is 0.157 e. The minimum atomic E-state index is 0.509. The van der Waals surface area contributed by atoms with Crippen LogP contribution in [-0.4, -0.2) is 27.7 Å². The first-order valence-electron chi connectivity index (χ1n) is 4.86. The van der Waals surface area contributed by atoms with Crippen molar-refractivity contribution in [3.8, 4) is 0 Å². The minimum absolute atomic E-state index is 0.509. The summed E-state index contributed by atoms with van der Waals surface area (Å²) in [6.45, 7) is 4.08. The fourth-order valence-corrected chi connectivity index (χ4v) is 1.65. The van der Waals surface area contributed by atoms with E-state index in [2.05, 4.69) is 28.4 Å². The summed E-state index contributed by atoms with van der Waals surface area (Å²) in [6.07, 6.45) is 2.01.